The maximum atomic E-state index is 4.25. The van der Waals surface area contributed by atoms with E-state index in [-0.39, 0.29) is 0 Å². The molecule has 0 radical (unpaired) electrons. The number of piperidine rings is 1. The average molecular weight is 262 g/mol. The van der Waals surface area contributed by atoms with Crippen LogP contribution in [0.15, 0.2) is 12.3 Å². The van der Waals surface area contributed by atoms with Gasteiger partial charge in [0.1, 0.15) is 0 Å². The summed E-state index contributed by atoms with van der Waals surface area (Å²) in [7, 11) is 2.04. The molecule has 0 aliphatic carbocycles. The van der Waals surface area contributed by atoms with E-state index in [1.165, 1.54) is 57.6 Å². The molecule has 0 saturated carbocycles. The standard InChI is InChI=1S/C15H26N4/c1-18-14(6-9-17-18)7-11-19-10-3-4-13(12-19)15-5-2-8-16-15/h6,9,13,15-16H,2-5,7-8,10-12H2,1H3. The van der Waals surface area contributed by atoms with E-state index in [1.54, 1.807) is 0 Å². The van der Waals surface area contributed by atoms with E-state index in [2.05, 4.69) is 21.4 Å². The van der Waals surface area contributed by atoms with E-state index in [0.29, 0.717) is 0 Å². The van der Waals surface area contributed by atoms with Crippen molar-refractivity contribution in [3.63, 3.8) is 0 Å². The molecule has 4 nitrogen and oxygen atoms in total. The lowest BCUT2D eigenvalue weighted by Crippen LogP contribution is -2.44. The number of hydrogen-bond acceptors (Lipinski definition) is 3. The van der Waals surface area contributed by atoms with Crippen LogP contribution in [0.4, 0.5) is 0 Å². The van der Waals surface area contributed by atoms with Gasteiger partial charge in [-0.2, -0.15) is 5.10 Å². The minimum absolute atomic E-state index is 0.791. The smallest absolute Gasteiger partial charge is 0.0492 e. The fourth-order valence-corrected chi connectivity index (χ4v) is 3.66. The fourth-order valence-electron chi connectivity index (χ4n) is 3.66. The third kappa shape index (κ3) is 3.18. The lowest BCUT2D eigenvalue weighted by atomic mass is 9.89. The highest BCUT2D eigenvalue weighted by Gasteiger charge is 2.28. The van der Waals surface area contributed by atoms with Crippen molar-refractivity contribution in [1.29, 1.82) is 0 Å². The Morgan fingerprint density at radius 1 is 1.37 bits per heavy atom. The lowest BCUT2D eigenvalue weighted by molar-refractivity contribution is 0.152. The summed E-state index contributed by atoms with van der Waals surface area (Å²) >= 11 is 0. The largest absolute Gasteiger partial charge is 0.314 e. The molecular weight excluding hydrogens is 236 g/mol. The van der Waals surface area contributed by atoms with Crippen LogP contribution in [0.2, 0.25) is 0 Å². The van der Waals surface area contributed by atoms with Gasteiger partial charge < -0.3 is 10.2 Å². The molecule has 0 aromatic carbocycles. The Bertz CT molecular complexity index is 395. The molecule has 2 atom stereocenters. The molecule has 2 saturated heterocycles. The Labute approximate surface area is 116 Å². The van der Waals surface area contributed by atoms with E-state index in [4.69, 9.17) is 0 Å². The summed E-state index contributed by atoms with van der Waals surface area (Å²) < 4.78 is 2.00. The summed E-state index contributed by atoms with van der Waals surface area (Å²) in [6.45, 7) is 4.98. The van der Waals surface area contributed by atoms with Gasteiger partial charge in [-0.15, -0.1) is 0 Å². The number of hydrogen-bond donors (Lipinski definition) is 1. The Balaban J connectivity index is 1.49. The molecule has 106 valence electrons. The van der Waals surface area contributed by atoms with Crippen LogP contribution in [0, 0.1) is 5.92 Å². The molecular formula is C15H26N4. The van der Waals surface area contributed by atoms with Crippen molar-refractivity contribution in [2.75, 3.05) is 26.2 Å². The lowest BCUT2D eigenvalue weighted by Gasteiger charge is -2.35. The van der Waals surface area contributed by atoms with Gasteiger partial charge in [0.25, 0.3) is 0 Å². The van der Waals surface area contributed by atoms with E-state index in [1.807, 2.05) is 17.9 Å². The molecule has 3 heterocycles. The quantitative estimate of drug-likeness (QED) is 0.891. The Morgan fingerprint density at radius 2 is 2.32 bits per heavy atom. The fraction of sp³-hybridized carbons (Fsp3) is 0.800. The predicted octanol–water partition coefficient (Wildman–Crippen LogP) is 1.43. The Kier molecular flexibility index (Phi) is 4.18. The van der Waals surface area contributed by atoms with Crippen molar-refractivity contribution in [2.45, 2.75) is 38.1 Å². The van der Waals surface area contributed by atoms with Crippen molar-refractivity contribution in [3.05, 3.63) is 18.0 Å². The van der Waals surface area contributed by atoms with Crippen LogP contribution in [0.5, 0.6) is 0 Å². The second kappa shape index (κ2) is 6.06. The molecule has 2 aliphatic rings. The first-order valence-electron chi connectivity index (χ1n) is 7.75. The highest BCUT2D eigenvalue weighted by Crippen LogP contribution is 2.24. The van der Waals surface area contributed by atoms with Crippen molar-refractivity contribution in [3.8, 4) is 0 Å². The van der Waals surface area contributed by atoms with E-state index in [0.717, 1.165) is 18.4 Å². The Hall–Kier alpha value is -0.870. The highest BCUT2D eigenvalue weighted by atomic mass is 15.3. The molecule has 1 aromatic rings. The van der Waals surface area contributed by atoms with Crippen LogP contribution in [0.1, 0.15) is 31.4 Å². The molecule has 0 spiro atoms. The number of rotatable bonds is 4. The summed E-state index contributed by atoms with van der Waals surface area (Å²) in [6.07, 6.45) is 8.57. The third-order valence-corrected chi connectivity index (χ3v) is 4.82. The zero-order valence-electron chi connectivity index (χ0n) is 12.0. The zero-order chi connectivity index (χ0) is 13.1. The van der Waals surface area contributed by atoms with Gasteiger partial charge in [-0.05, 0) is 50.8 Å². The van der Waals surface area contributed by atoms with Crippen molar-refractivity contribution < 1.29 is 0 Å². The first kappa shape index (κ1) is 13.1. The molecule has 1 N–H and O–H groups in total. The summed E-state index contributed by atoms with van der Waals surface area (Å²) in [5.74, 6) is 0.878. The third-order valence-electron chi connectivity index (χ3n) is 4.82. The number of aryl methyl sites for hydroxylation is 1. The van der Waals surface area contributed by atoms with Crippen LogP contribution in [0.3, 0.4) is 0 Å². The van der Waals surface area contributed by atoms with Crippen LogP contribution >= 0.6 is 0 Å². The van der Waals surface area contributed by atoms with Gasteiger partial charge in [-0.25, -0.2) is 0 Å². The van der Waals surface area contributed by atoms with Crippen LogP contribution in [0.25, 0.3) is 0 Å². The Morgan fingerprint density at radius 3 is 3.05 bits per heavy atom. The van der Waals surface area contributed by atoms with Crippen molar-refractivity contribution in [2.24, 2.45) is 13.0 Å². The number of aromatic nitrogens is 2. The average Bonchev–Trinajstić information content (AvgIpc) is 3.08. The van der Waals surface area contributed by atoms with Gasteiger partial charge >= 0.3 is 0 Å². The molecule has 2 aliphatic heterocycles. The van der Waals surface area contributed by atoms with E-state index >= 15 is 0 Å². The van der Waals surface area contributed by atoms with Gasteiger partial charge in [-0.1, -0.05) is 0 Å². The first-order chi connectivity index (χ1) is 9.33. The van der Waals surface area contributed by atoms with Crippen LogP contribution < -0.4 is 5.32 Å². The summed E-state index contributed by atoms with van der Waals surface area (Å²) in [5, 5.41) is 7.93. The molecule has 2 fully saturated rings. The minimum atomic E-state index is 0.791. The van der Waals surface area contributed by atoms with Gasteiger partial charge in [0.2, 0.25) is 0 Å². The molecule has 19 heavy (non-hydrogen) atoms. The van der Waals surface area contributed by atoms with E-state index in [9.17, 15) is 0 Å². The SMILES string of the molecule is Cn1nccc1CCN1CCCC(C2CCCN2)C1. The van der Waals surface area contributed by atoms with Crippen molar-refractivity contribution in [1.82, 2.24) is 20.0 Å². The summed E-state index contributed by atoms with van der Waals surface area (Å²) in [6, 6.07) is 2.93. The normalized spacial score (nSPS) is 28.9. The van der Waals surface area contributed by atoms with Gasteiger partial charge in [-0.3, -0.25) is 4.68 Å². The number of nitrogens with one attached hydrogen (secondary N) is 1. The molecule has 0 amide bonds. The number of nitrogens with zero attached hydrogens (tertiary/aromatic N) is 3. The molecule has 2 unspecified atom stereocenters. The second-order valence-electron chi connectivity index (χ2n) is 6.10. The zero-order valence-corrected chi connectivity index (χ0v) is 12.0. The summed E-state index contributed by atoms with van der Waals surface area (Å²) in [5.41, 5.74) is 1.35. The minimum Gasteiger partial charge on any atom is -0.314 e. The number of likely N-dealkylation sites (tertiary alicyclic amines) is 1. The highest BCUT2D eigenvalue weighted by molar-refractivity contribution is 5.00. The maximum Gasteiger partial charge on any atom is 0.0492 e. The maximum absolute atomic E-state index is 4.25. The molecule has 4 heteroatoms. The predicted molar refractivity (Wildman–Crippen MR) is 77.1 cm³/mol. The monoisotopic (exact) mass is 262 g/mol. The van der Waals surface area contributed by atoms with Crippen molar-refractivity contribution >= 4 is 0 Å². The van der Waals surface area contributed by atoms with E-state index < -0.39 is 0 Å². The molecule has 0 bridgehead atoms. The molecule has 3 rings (SSSR count). The van der Waals surface area contributed by atoms with Crippen LogP contribution in [-0.4, -0.2) is 46.9 Å². The summed E-state index contributed by atoms with van der Waals surface area (Å²) in [4.78, 5) is 2.65. The topological polar surface area (TPSA) is 33.1 Å². The van der Waals surface area contributed by atoms with Gasteiger partial charge in [0, 0.05) is 44.5 Å². The first-order valence-corrected chi connectivity index (χ1v) is 7.75. The van der Waals surface area contributed by atoms with Gasteiger partial charge in [0.15, 0.2) is 0 Å². The molecule has 1 aromatic heterocycles. The van der Waals surface area contributed by atoms with Crippen LogP contribution in [-0.2, 0) is 13.5 Å². The second-order valence-corrected chi connectivity index (χ2v) is 6.10. The van der Waals surface area contributed by atoms with Gasteiger partial charge in [0.05, 0.1) is 0 Å².